The van der Waals surface area contributed by atoms with Crippen LogP contribution in [0.1, 0.15) is 76.1 Å². The summed E-state index contributed by atoms with van der Waals surface area (Å²) in [4.78, 5) is 6.99. The van der Waals surface area contributed by atoms with E-state index in [0.29, 0.717) is 17.9 Å². The van der Waals surface area contributed by atoms with Gasteiger partial charge in [-0.15, -0.1) is 0 Å². The summed E-state index contributed by atoms with van der Waals surface area (Å²) in [6.45, 7) is 10.1. The second-order valence-corrected chi connectivity index (χ2v) is 8.53. The van der Waals surface area contributed by atoms with Crippen LogP contribution in [0.5, 0.6) is 0 Å². The Balaban J connectivity index is 1.43. The van der Waals surface area contributed by atoms with E-state index in [1.807, 2.05) is 0 Å². The quantitative estimate of drug-likeness (QED) is 0.793. The predicted octanol–water partition coefficient (Wildman–Crippen LogP) is 4.25. The first kappa shape index (κ1) is 15.9. The van der Waals surface area contributed by atoms with E-state index >= 15 is 0 Å². The fraction of sp³-hybridized carbons (Fsp3) is 0.684. The van der Waals surface area contributed by atoms with E-state index in [0.717, 1.165) is 36.4 Å². The molecule has 2 aliphatic rings. The van der Waals surface area contributed by atoms with Crippen molar-refractivity contribution in [3.05, 3.63) is 35.4 Å². The second kappa shape index (κ2) is 5.73. The molecule has 0 aliphatic heterocycles. The molecule has 0 spiro atoms. The van der Waals surface area contributed by atoms with Gasteiger partial charge in [-0.25, -0.2) is 0 Å². The molecule has 2 unspecified atom stereocenters. The lowest BCUT2D eigenvalue weighted by Gasteiger charge is -2.18. The molecule has 2 aromatic rings. The molecule has 0 radical (unpaired) electrons. The Labute approximate surface area is 143 Å². The van der Waals surface area contributed by atoms with E-state index in [9.17, 15) is 0 Å². The van der Waals surface area contributed by atoms with Crippen LogP contribution in [0.2, 0.25) is 0 Å². The lowest BCUT2D eigenvalue weighted by atomic mass is 9.97. The molecule has 5 nitrogen and oxygen atoms in total. The zero-order chi connectivity index (χ0) is 16.9. The van der Waals surface area contributed by atoms with Crippen LogP contribution < -0.4 is 0 Å². The van der Waals surface area contributed by atoms with Crippen molar-refractivity contribution in [2.24, 2.45) is 5.92 Å². The van der Waals surface area contributed by atoms with Crippen LogP contribution in [-0.2, 0) is 18.5 Å². The van der Waals surface area contributed by atoms with Crippen molar-refractivity contribution < 1.29 is 8.94 Å². The maximum atomic E-state index is 6.08. The van der Waals surface area contributed by atoms with Gasteiger partial charge in [-0.1, -0.05) is 32.9 Å². The number of aromatic nitrogens is 2. The largest absolute Gasteiger partial charge is 0.464 e. The molecule has 4 rings (SSSR count). The van der Waals surface area contributed by atoms with Gasteiger partial charge in [0.1, 0.15) is 11.5 Å². The Morgan fingerprint density at radius 3 is 2.54 bits per heavy atom. The minimum atomic E-state index is -0.105. The summed E-state index contributed by atoms with van der Waals surface area (Å²) in [5, 5.41) is 4.17. The third-order valence-electron chi connectivity index (χ3n) is 5.03. The highest BCUT2D eigenvalue weighted by Gasteiger charge is 2.37. The Morgan fingerprint density at radius 1 is 1.21 bits per heavy atom. The lowest BCUT2D eigenvalue weighted by Crippen LogP contribution is -2.25. The van der Waals surface area contributed by atoms with Crippen LogP contribution in [0, 0.1) is 5.92 Å². The molecular formula is C19H27N3O2. The average molecular weight is 329 g/mol. The number of hydrogen-bond acceptors (Lipinski definition) is 5. The van der Waals surface area contributed by atoms with E-state index in [4.69, 9.17) is 8.94 Å². The van der Waals surface area contributed by atoms with Gasteiger partial charge in [-0.3, -0.25) is 4.90 Å². The van der Waals surface area contributed by atoms with Crippen molar-refractivity contribution in [3.8, 4) is 0 Å². The van der Waals surface area contributed by atoms with Gasteiger partial charge in [-0.05, 0) is 37.3 Å². The van der Waals surface area contributed by atoms with Crippen LogP contribution >= 0.6 is 0 Å². The molecule has 2 atom stereocenters. The molecule has 0 bridgehead atoms. The summed E-state index contributed by atoms with van der Waals surface area (Å²) in [6.07, 6.45) is 3.76. The third kappa shape index (κ3) is 3.41. The summed E-state index contributed by atoms with van der Waals surface area (Å²) in [5.41, 5.74) is -0.105. The molecule has 2 saturated carbocycles. The molecular weight excluding hydrogens is 302 g/mol. The highest BCUT2D eigenvalue weighted by molar-refractivity contribution is 5.17. The highest BCUT2D eigenvalue weighted by atomic mass is 16.5. The van der Waals surface area contributed by atoms with Gasteiger partial charge in [0.2, 0.25) is 5.89 Å². The van der Waals surface area contributed by atoms with E-state index in [1.54, 1.807) is 0 Å². The number of hydrogen-bond donors (Lipinski definition) is 0. The topological polar surface area (TPSA) is 55.3 Å². The molecule has 130 valence electrons. The van der Waals surface area contributed by atoms with Gasteiger partial charge in [0, 0.05) is 17.4 Å². The monoisotopic (exact) mass is 329 g/mol. The van der Waals surface area contributed by atoms with Crippen molar-refractivity contribution in [3.63, 3.8) is 0 Å². The van der Waals surface area contributed by atoms with Crippen molar-refractivity contribution in [1.29, 1.82) is 0 Å². The SMILES string of the molecule is CC1CC1c1ccc(CN(Cc2noc(C(C)(C)C)n2)C2CC2)o1. The Morgan fingerprint density at radius 2 is 1.96 bits per heavy atom. The van der Waals surface area contributed by atoms with E-state index in [-0.39, 0.29) is 5.41 Å². The van der Waals surface area contributed by atoms with Crippen LogP contribution in [0.15, 0.2) is 21.1 Å². The maximum absolute atomic E-state index is 6.08. The summed E-state index contributed by atoms with van der Waals surface area (Å²) < 4.78 is 11.5. The normalized spacial score (nSPS) is 23.9. The zero-order valence-corrected chi connectivity index (χ0v) is 15.1. The second-order valence-electron chi connectivity index (χ2n) is 8.53. The number of rotatable bonds is 6. The minimum Gasteiger partial charge on any atom is -0.464 e. The van der Waals surface area contributed by atoms with Crippen LogP contribution in [-0.4, -0.2) is 21.1 Å². The van der Waals surface area contributed by atoms with Gasteiger partial charge < -0.3 is 8.94 Å². The summed E-state index contributed by atoms with van der Waals surface area (Å²) in [7, 11) is 0. The van der Waals surface area contributed by atoms with Crippen molar-refractivity contribution in [1.82, 2.24) is 15.0 Å². The standard InChI is InChI=1S/C19H27N3O2/c1-12-9-15(12)16-8-7-14(23-16)10-22(13-5-6-13)11-17-20-18(24-21-17)19(2,3)4/h7-8,12-13,15H,5-6,9-11H2,1-4H3. The van der Waals surface area contributed by atoms with Crippen molar-refractivity contribution in [2.45, 2.75) is 77.4 Å². The number of nitrogens with zero attached hydrogens (tertiary/aromatic N) is 3. The lowest BCUT2D eigenvalue weighted by molar-refractivity contribution is 0.214. The third-order valence-corrected chi connectivity index (χ3v) is 5.03. The fourth-order valence-corrected chi connectivity index (χ4v) is 3.16. The highest BCUT2D eigenvalue weighted by Crippen LogP contribution is 2.47. The fourth-order valence-electron chi connectivity index (χ4n) is 3.16. The summed E-state index contributed by atoms with van der Waals surface area (Å²) in [6, 6.07) is 4.91. The van der Waals surface area contributed by atoms with Crippen LogP contribution in [0.3, 0.4) is 0 Å². The van der Waals surface area contributed by atoms with E-state index in [1.165, 1.54) is 19.3 Å². The van der Waals surface area contributed by atoms with Gasteiger partial charge in [0.15, 0.2) is 5.82 Å². The van der Waals surface area contributed by atoms with E-state index in [2.05, 4.69) is 54.9 Å². The summed E-state index contributed by atoms with van der Waals surface area (Å²) in [5.74, 6) is 5.10. The molecule has 5 heteroatoms. The average Bonchev–Trinajstić information content (AvgIpc) is 3.38. The minimum absolute atomic E-state index is 0.105. The maximum Gasteiger partial charge on any atom is 0.232 e. The predicted molar refractivity (Wildman–Crippen MR) is 90.5 cm³/mol. The Hall–Kier alpha value is -1.62. The Bertz CT molecular complexity index is 708. The van der Waals surface area contributed by atoms with Crippen LogP contribution in [0.4, 0.5) is 0 Å². The van der Waals surface area contributed by atoms with Crippen molar-refractivity contribution in [2.75, 3.05) is 0 Å². The van der Waals surface area contributed by atoms with Gasteiger partial charge in [0.25, 0.3) is 0 Å². The summed E-state index contributed by atoms with van der Waals surface area (Å²) >= 11 is 0. The molecule has 24 heavy (non-hydrogen) atoms. The Kier molecular flexibility index (Phi) is 3.79. The van der Waals surface area contributed by atoms with Gasteiger partial charge in [-0.2, -0.15) is 4.98 Å². The molecule has 0 N–H and O–H groups in total. The van der Waals surface area contributed by atoms with Crippen molar-refractivity contribution >= 4 is 0 Å². The molecule has 0 saturated heterocycles. The number of furan rings is 1. The first-order chi connectivity index (χ1) is 11.4. The molecule has 2 fully saturated rings. The first-order valence-electron chi connectivity index (χ1n) is 9.06. The van der Waals surface area contributed by atoms with E-state index < -0.39 is 0 Å². The first-order valence-corrected chi connectivity index (χ1v) is 9.06. The molecule has 2 aliphatic carbocycles. The van der Waals surface area contributed by atoms with Gasteiger partial charge >= 0.3 is 0 Å². The van der Waals surface area contributed by atoms with Crippen LogP contribution in [0.25, 0.3) is 0 Å². The molecule has 0 aromatic carbocycles. The smallest absolute Gasteiger partial charge is 0.232 e. The molecule has 0 amide bonds. The van der Waals surface area contributed by atoms with Gasteiger partial charge in [0.05, 0.1) is 13.1 Å². The zero-order valence-electron chi connectivity index (χ0n) is 15.1. The molecule has 2 aromatic heterocycles. The molecule has 2 heterocycles.